The number of rotatable bonds is 8. The van der Waals surface area contributed by atoms with E-state index in [0.29, 0.717) is 43.2 Å². The lowest BCUT2D eigenvalue weighted by molar-refractivity contribution is -0.118. The summed E-state index contributed by atoms with van der Waals surface area (Å²) >= 11 is 9.42. The smallest absolute Gasteiger partial charge is 0.307 e. The van der Waals surface area contributed by atoms with E-state index >= 15 is 0 Å². The van der Waals surface area contributed by atoms with Gasteiger partial charge in [0, 0.05) is 26.1 Å². The Bertz CT molecular complexity index is 1450. The van der Waals surface area contributed by atoms with Gasteiger partial charge in [0.15, 0.2) is 23.9 Å². The third kappa shape index (κ3) is 6.24. The maximum atomic E-state index is 12.4. The first-order chi connectivity index (χ1) is 17.3. The second-order valence-electron chi connectivity index (χ2n) is 7.72. The lowest BCUT2D eigenvalue weighted by atomic mass is 10.2. The summed E-state index contributed by atoms with van der Waals surface area (Å²) in [4.78, 5) is 24.7. The fraction of sp³-hybridized carbons (Fsp3) is 0.115. The number of furan rings is 1. The van der Waals surface area contributed by atoms with E-state index in [9.17, 15) is 9.59 Å². The molecule has 0 aliphatic heterocycles. The van der Waals surface area contributed by atoms with Gasteiger partial charge in [-0.1, -0.05) is 29.3 Å². The molecule has 1 aromatic heterocycles. The van der Waals surface area contributed by atoms with Gasteiger partial charge in [-0.2, -0.15) is 5.10 Å². The van der Waals surface area contributed by atoms with Crippen LogP contribution in [0.4, 0.5) is 5.69 Å². The standard InChI is InChI=1S/C26H21BrClN3O5/c1-15-3-6-19(7-4-15)30-25(32)14-35-23-12-20(27)17(11-22(23)34-2)13-29-31-26(33)24-10-16-9-18(28)5-8-21(16)36-24/h3-13H,14H2,1-2H3,(H,30,32)(H,31,33)/b29-13+. The number of hydrogen-bond donors (Lipinski definition) is 2. The average molecular weight is 571 g/mol. The molecule has 0 aliphatic rings. The molecule has 0 spiro atoms. The minimum Gasteiger partial charge on any atom is -0.493 e. The molecule has 0 fully saturated rings. The third-order valence-electron chi connectivity index (χ3n) is 5.05. The van der Waals surface area contributed by atoms with Crippen LogP contribution in [0.15, 0.2) is 74.7 Å². The Hall–Kier alpha value is -3.82. The number of carbonyl (C=O) groups is 2. The van der Waals surface area contributed by atoms with Gasteiger partial charge in [-0.25, -0.2) is 5.43 Å². The summed E-state index contributed by atoms with van der Waals surface area (Å²) in [5.41, 5.74) is 5.37. The lowest BCUT2D eigenvalue weighted by Gasteiger charge is -2.13. The number of anilines is 1. The normalized spacial score (nSPS) is 11.0. The number of hydrazone groups is 1. The zero-order valence-corrected chi connectivity index (χ0v) is 21.6. The summed E-state index contributed by atoms with van der Waals surface area (Å²) in [6, 6.07) is 17.4. The second kappa shape index (κ2) is 11.3. The van der Waals surface area contributed by atoms with Gasteiger partial charge in [0.1, 0.15) is 5.58 Å². The first-order valence-electron chi connectivity index (χ1n) is 10.7. The van der Waals surface area contributed by atoms with Gasteiger partial charge in [0.25, 0.3) is 5.91 Å². The van der Waals surface area contributed by atoms with Crippen molar-refractivity contribution in [3.05, 3.63) is 87.0 Å². The molecule has 2 N–H and O–H groups in total. The molecule has 4 aromatic rings. The van der Waals surface area contributed by atoms with Crippen LogP contribution in [0.3, 0.4) is 0 Å². The number of carbonyl (C=O) groups excluding carboxylic acids is 2. The quantitative estimate of drug-likeness (QED) is 0.201. The van der Waals surface area contributed by atoms with E-state index in [-0.39, 0.29) is 18.3 Å². The maximum Gasteiger partial charge on any atom is 0.307 e. The molecule has 0 saturated heterocycles. The number of hydrogen-bond acceptors (Lipinski definition) is 6. The van der Waals surface area contributed by atoms with Crippen molar-refractivity contribution in [3.63, 3.8) is 0 Å². The molecule has 8 nitrogen and oxygen atoms in total. The van der Waals surface area contributed by atoms with E-state index in [1.807, 2.05) is 31.2 Å². The van der Waals surface area contributed by atoms with Crippen LogP contribution in [0.25, 0.3) is 11.0 Å². The molecule has 0 aliphatic carbocycles. The molecule has 184 valence electrons. The van der Waals surface area contributed by atoms with Crippen molar-refractivity contribution in [2.75, 3.05) is 19.0 Å². The lowest BCUT2D eigenvalue weighted by Crippen LogP contribution is -2.20. The van der Waals surface area contributed by atoms with Crippen molar-refractivity contribution in [1.82, 2.24) is 5.43 Å². The van der Waals surface area contributed by atoms with E-state index in [1.54, 1.807) is 36.4 Å². The first kappa shape index (κ1) is 25.3. The SMILES string of the molecule is COc1cc(/C=N/NC(=O)c2cc3cc(Cl)ccc3o2)c(Br)cc1OCC(=O)Nc1ccc(C)cc1. The van der Waals surface area contributed by atoms with Crippen molar-refractivity contribution in [2.45, 2.75) is 6.92 Å². The Morgan fingerprint density at radius 2 is 1.86 bits per heavy atom. The summed E-state index contributed by atoms with van der Waals surface area (Å²) in [6.45, 7) is 1.77. The molecule has 2 amide bonds. The zero-order valence-electron chi connectivity index (χ0n) is 19.3. The molecule has 0 atom stereocenters. The number of amides is 2. The summed E-state index contributed by atoms with van der Waals surface area (Å²) in [5.74, 6) is 0.0435. The van der Waals surface area contributed by atoms with Crippen LogP contribution in [0, 0.1) is 6.92 Å². The van der Waals surface area contributed by atoms with Gasteiger partial charge >= 0.3 is 5.91 Å². The van der Waals surface area contributed by atoms with Gasteiger partial charge in [-0.3, -0.25) is 9.59 Å². The molecule has 0 radical (unpaired) electrons. The minimum atomic E-state index is -0.513. The average Bonchev–Trinajstić information content (AvgIpc) is 3.28. The fourth-order valence-electron chi connectivity index (χ4n) is 3.24. The number of halogens is 2. The highest BCUT2D eigenvalue weighted by Crippen LogP contribution is 2.33. The highest BCUT2D eigenvalue weighted by Gasteiger charge is 2.14. The van der Waals surface area contributed by atoms with Crippen LogP contribution in [0.5, 0.6) is 11.5 Å². The topological polar surface area (TPSA) is 102 Å². The van der Waals surface area contributed by atoms with Crippen molar-refractivity contribution in [2.24, 2.45) is 5.10 Å². The number of nitrogens with zero attached hydrogens (tertiary/aromatic N) is 1. The maximum absolute atomic E-state index is 12.4. The largest absolute Gasteiger partial charge is 0.493 e. The van der Waals surface area contributed by atoms with E-state index in [0.717, 1.165) is 5.56 Å². The molecular weight excluding hydrogens is 550 g/mol. The molecule has 0 bridgehead atoms. The van der Waals surface area contributed by atoms with Crippen LogP contribution in [-0.4, -0.2) is 31.7 Å². The van der Waals surface area contributed by atoms with Gasteiger partial charge in [0.05, 0.1) is 13.3 Å². The van der Waals surface area contributed by atoms with Gasteiger partial charge < -0.3 is 19.2 Å². The summed E-state index contributed by atoms with van der Waals surface area (Å²) in [7, 11) is 1.49. The molecule has 10 heteroatoms. The van der Waals surface area contributed by atoms with Gasteiger partial charge in [0.2, 0.25) is 0 Å². The highest BCUT2D eigenvalue weighted by molar-refractivity contribution is 9.10. The van der Waals surface area contributed by atoms with Crippen molar-refractivity contribution < 1.29 is 23.5 Å². The Morgan fingerprint density at radius 1 is 1.08 bits per heavy atom. The fourth-order valence-corrected chi connectivity index (χ4v) is 3.85. The van der Waals surface area contributed by atoms with Crippen LogP contribution < -0.4 is 20.2 Å². The minimum absolute atomic E-state index is 0.105. The molecule has 36 heavy (non-hydrogen) atoms. The van der Waals surface area contributed by atoms with Crippen LogP contribution in [0.1, 0.15) is 21.7 Å². The van der Waals surface area contributed by atoms with E-state index in [2.05, 4.69) is 31.8 Å². The Balaban J connectivity index is 1.38. The van der Waals surface area contributed by atoms with Crippen LogP contribution >= 0.6 is 27.5 Å². The summed E-state index contributed by atoms with van der Waals surface area (Å²) in [5, 5.41) is 8.03. The van der Waals surface area contributed by atoms with E-state index in [4.69, 9.17) is 25.5 Å². The third-order valence-corrected chi connectivity index (χ3v) is 5.97. The predicted molar refractivity (Wildman–Crippen MR) is 142 cm³/mol. The van der Waals surface area contributed by atoms with Gasteiger partial charge in [-0.05, 0) is 71.4 Å². The monoisotopic (exact) mass is 569 g/mol. The molecule has 4 rings (SSSR count). The number of aryl methyl sites for hydroxylation is 1. The summed E-state index contributed by atoms with van der Waals surface area (Å²) in [6.07, 6.45) is 1.44. The molecule has 0 saturated carbocycles. The number of ether oxygens (including phenoxy) is 2. The Kier molecular flexibility index (Phi) is 7.92. The number of benzene rings is 3. The molecule has 0 unspecified atom stereocenters. The van der Waals surface area contributed by atoms with Crippen LogP contribution in [-0.2, 0) is 4.79 Å². The van der Waals surface area contributed by atoms with E-state index in [1.165, 1.54) is 13.3 Å². The zero-order chi connectivity index (χ0) is 25.7. The summed E-state index contributed by atoms with van der Waals surface area (Å²) < 4.78 is 17.2. The first-order valence-corrected chi connectivity index (χ1v) is 11.9. The predicted octanol–water partition coefficient (Wildman–Crippen LogP) is 5.95. The van der Waals surface area contributed by atoms with Crippen molar-refractivity contribution in [1.29, 1.82) is 0 Å². The second-order valence-corrected chi connectivity index (χ2v) is 9.01. The molecular formula is C26H21BrClN3O5. The van der Waals surface area contributed by atoms with Gasteiger partial charge in [-0.15, -0.1) is 0 Å². The highest BCUT2D eigenvalue weighted by atomic mass is 79.9. The van der Waals surface area contributed by atoms with E-state index < -0.39 is 5.91 Å². The van der Waals surface area contributed by atoms with Crippen molar-refractivity contribution >= 4 is 62.2 Å². The number of nitrogens with one attached hydrogen (secondary N) is 2. The van der Waals surface area contributed by atoms with Crippen molar-refractivity contribution in [3.8, 4) is 11.5 Å². The van der Waals surface area contributed by atoms with Crippen LogP contribution in [0.2, 0.25) is 5.02 Å². The number of methoxy groups -OCH3 is 1. The molecule has 3 aromatic carbocycles. The Morgan fingerprint density at radius 3 is 2.61 bits per heavy atom. The number of fused-ring (bicyclic) bond motifs is 1. The Labute approximate surface area is 220 Å². The molecule has 1 heterocycles.